The second-order valence-electron chi connectivity index (χ2n) is 5.05. The minimum atomic E-state index is -1.20. The van der Waals surface area contributed by atoms with Gasteiger partial charge in [0.2, 0.25) is 11.8 Å². The molecule has 1 heterocycles. The van der Waals surface area contributed by atoms with Crippen LogP contribution in [0.25, 0.3) is 0 Å². The first-order chi connectivity index (χ1) is 9.95. The number of anilines is 1. The highest BCUT2D eigenvalue weighted by Crippen LogP contribution is 2.29. The smallest absolute Gasteiger partial charge is 0.329 e. The Morgan fingerprint density at radius 1 is 1.33 bits per heavy atom. The van der Waals surface area contributed by atoms with E-state index >= 15 is 0 Å². The van der Waals surface area contributed by atoms with Gasteiger partial charge in [-0.2, -0.15) is 4.98 Å². The topological polar surface area (TPSA) is 113 Å². The van der Waals surface area contributed by atoms with Crippen molar-refractivity contribution in [1.82, 2.24) is 15.3 Å². The molecule has 0 atom stereocenters. The molecule has 2 amide bonds. The maximum atomic E-state index is 12.0. The summed E-state index contributed by atoms with van der Waals surface area (Å²) < 4.78 is 4.99. The van der Waals surface area contributed by atoms with Crippen LogP contribution in [0.5, 0.6) is 5.88 Å². The van der Waals surface area contributed by atoms with Crippen molar-refractivity contribution in [3.8, 4) is 5.88 Å². The monoisotopic (exact) mass is 294 g/mol. The number of amides is 2. The van der Waals surface area contributed by atoms with Crippen LogP contribution in [0.3, 0.4) is 0 Å². The number of carboxylic acid groups (broad SMARTS) is 1. The van der Waals surface area contributed by atoms with Crippen LogP contribution in [-0.4, -0.2) is 39.7 Å². The molecule has 21 heavy (non-hydrogen) atoms. The number of hydrogen-bond acceptors (Lipinski definition) is 5. The van der Waals surface area contributed by atoms with Gasteiger partial charge < -0.3 is 15.2 Å². The lowest BCUT2D eigenvalue weighted by molar-refractivity contribution is -0.144. The predicted molar refractivity (Wildman–Crippen MR) is 74.3 cm³/mol. The van der Waals surface area contributed by atoms with Crippen molar-refractivity contribution in [2.75, 3.05) is 12.4 Å². The van der Waals surface area contributed by atoms with Crippen LogP contribution in [-0.2, 0) is 4.79 Å². The highest BCUT2D eigenvalue weighted by atomic mass is 16.5. The number of ether oxygens (including phenoxy) is 1. The summed E-state index contributed by atoms with van der Waals surface area (Å²) in [6.45, 7) is 1.74. The van der Waals surface area contributed by atoms with Gasteiger partial charge in [0.25, 0.3) is 0 Å². The van der Waals surface area contributed by atoms with Crippen LogP contribution >= 0.6 is 0 Å². The van der Waals surface area contributed by atoms with E-state index in [1.165, 1.54) is 7.11 Å². The largest absolute Gasteiger partial charge is 0.481 e. The Hall–Kier alpha value is -2.38. The molecule has 1 aromatic heterocycles. The summed E-state index contributed by atoms with van der Waals surface area (Å²) in [5.74, 6) is -0.618. The standard InChI is InChI=1S/C13H18N4O4/c1-8-7-9(21-2)15-11(14-8)16-12(20)17-13(10(18)19)5-3-4-6-13/h7H,3-6H2,1-2H3,(H,18,19)(H2,14,15,16,17,20). The second-order valence-corrected chi connectivity index (χ2v) is 5.05. The molecule has 0 bridgehead atoms. The van der Waals surface area contributed by atoms with Gasteiger partial charge in [-0.3, -0.25) is 5.32 Å². The number of hydrogen-bond donors (Lipinski definition) is 3. The third kappa shape index (κ3) is 3.39. The zero-order valence-corrected chi connectivity index (χ0v) is 12.0. The fourth-order valence-corrected chi connectivity index (χ4v) is 2.42. The highest BCUT2D eigenvalue weighted by molar-refractivity contribution is 5.93. The van der Waals surface area contributed by atoms with Crippen molar-refractivity contribution >= 4 is 17.9 Å². The average molecular weight is 294 g/mol. The molecule has 1 fully saturated rings. The van der Waals surface area contributed by atoms with Gasteiger partial charge >= 0.3 is 12.0 Å². The first-order valence-corrected chi connectivity index (χ1v) is 6.67. The van der Waals surface area contributed by atoms with Gasteiger partial charge in [-0.25, -0.2) is 14.6 Å². The Kier molecular flexibility index (Phi) is 4.25. The van der Waals surface area contributed by atoms with Crippen LogP contribution in [0.2, 0.25) is 0 Å². The number of urea groups is 1. The molecule has 0 saturated heterocycles. The van der Waals surface area contributed by atoms with E-state index in [-0.39, 0.29) is 5.95 Å². The van der Waals surface area contributed by atoms with Crippen LogP contribution in [0.4, 0.5) is 10.7 Å². The fourth-order valence-electron chi connectivity index (χ4n) is 2.42. The SMILES string of the molecule is COc1cc(C)nc(NC(=O)NC2(C(=O)O)CCCC2)n1. The molecule has 0 radical (unpaired) electrons. The van der Waals surface area contributed by atoms with Crippen LogP contribution < -0.4 is 15.4 Å². The van der Waals surface area contributed by atoms with E-state index in [2.05, 4.69) is 20.6 Å². The number of rotatable bonds is 4. The Morgan fingerprint density at radius 2 is 2.00 bits per heavy atom. The van der Waals surface area contributed by atoms with Gasteiger partial charge in [0.05, 0.1) is 7.11 Å². The van der Waals surface area contributed by atoms with Gasteiger partial charge in [-0.1, -0.05) is 12.8 Å². The summed E-state index contributed by atoms with van der Waals surface area (Å²) in [7, 11) is 1.46. The van der Waals surface area contributed by atoms with Crippen molar-refractivity contribution in [2.45, 2.75) is 38.1 Å². The first-order valence-electron chi connectivity index (χ1n) is 6.67. The predicted octanol–water partition coefficient (Wildman–Crippen LogP) is 1.31. The zero-order valence-electron chi connectivity index (χ0n) is 12.0. The fraction of sp³-hybridized carbons (Fsp3) is 0.538. The molecule has 8 heteroatoms. The Bertz CT molecular complexity index is 555. The van der Waals surface area contributed by atoms with Crippen molar-refractivity contribution in [1.29, 1.82) is 0 Å². The van der Waals surface area contributed by atoms with E-state index in [9.17, 15) is 14.7 Å². The molecular weight excluding hydrogens is 276 g/mol. The molecule has 0 aromatic carbocycles. The molecule has 0 aliphatic heterocycles. The molecule has 3 N–H and O–H groups in total. The first kappa shape index (κ1) is 15.0. The number of nitrogens with zero attached hydrogens (tertiary/aromatic N) is 2. The highest BCUT2D eigenvalue weighted by Gasteiger charge is 2.42. The minimum absolute atomic E-state index is 0.0721. The Morgan fingerprint density at radius 3 is 2.57 bits per heavy atom. The molecule has 0 spiro atoms. The minimum Gasteiger partial charge on any atom is -0.481 e. The molecule has 2 rings (SSSR count). The van der Waals surface area contributed by atoms with Gasteiger partial charge in [-0.15, -0.1) is 0 Å². The van der Waals surface area contributed by atoms with E-state index < -0.39 is 17.5 Å². The third-order valence-corrected chi connectivity index (χ3v) is 3.48. The molecule has 1 saturated carbocycles. The Labute approximate surface area is 121 Å². The summed E-state index contributed by atoms with van der Waals surface area (Å²) in [6.07, 6.45) is 2.41. The second kappa shape index (κ2) is 5.94. The molecule has 1 aliphatic carbocycles. The summed E-state index contributed by atoms with van der Waals surface area (Å²) in [6, 6.07) is 0.991. The van der Waals surface area contributed by atoms with Gasteiger partial charge in [0.15, 0.2) is 0 Å². The molecule has 0 unspecified atom stereocenters. The van der Waals surface area contributed by atoms with Gasteiger partial charge in [-0.05, 0) is 19.8 Å². The van der Waals surface area contributed by atoms with E-state index in [1.807, 2.05) is 0 Å². The van der Waals surface area contributed by atoms with E-state index in [0.29, 0.717) is 24.4 Å². The quantitative estimate of drug-likeness (QED) is 0.771. The number of carbonyl (C=O) groups is 2. The summed E-state index contributed by atoms with van der Waals surface area (Å²) >= 11 is 0. The van der Waals surface area contributed by atoms with Gasteiger partial charge in [0, 0.05) is 11.8 Å². The number of methoxy groups -OCH3 is 1. The van der Waals surface area contributed by atoms with E-state index in [1.54, 1.807) is 13.0 Å². The van der Waals surface area contributed by atoms with Crippen LogP contribution in [0, 0.1) is 6.92 Å². The average Bonchev–Trinajstić information content (AvgIpc) is 2.87. The molecule has 114 valence electrons. The van der Waals surface area contributed by atoms with Crippen LogP contribution in [0.1, 0.15) is 31.4 Å². The molecule has 1 aliphatic rings. The normalized spacial score (nSPS) is 16.3. The maximum Gasteiger partial charge on any atom is 0.329 e. The summed E-state index contributed by atoms with van der Waals surface area (Å²) in [4.78, 5) is 31.4. The van der Waals surface area contributed by atoms with Crippen molar-refractivity contribution < 1.29 is 19.4 Å². The van der Waals surface area contributed by atoms with E-state index in [4.69, 9.17) is 4.74 Å². The van der Waals surface area contributed by atoms with Crippen molar-refractivity contribution in [3.05, 3.63) is 11.8 Å². The van der Waals surface area contributed by atoms with E-state index in [0.717, 1.165) is 12.8 Å². The van der Waals surface area contributed by atoms with Gasteiger partial charge in [0.1, 0.15) is 5.54 Å². The number of aryl methyl sites for hydroxylation is 1. The maximum absolute atomic E-state index is 12.0. The van der Waals surface area contributed by atoms with Crippen molar-refractivity contribution in [3.63, 3.8) is 0 Å². The number of carbonyl (C=O) groups excluding carboxylic acids is 1. The molecule has 1 aromatic rings. The number of aromatic nitrogens is 2. The van der Waals surface area contributed by atoms with Crippen molar-refractivity contribution in [2.24, 2.45) is 0 Å². The zero-order chi connectivity index (χ0) is 15.5. The van der Waals surface area contributed by atoms with Crippen LogP contribution in [0.15, 0.2) is 6.07 Å². The number of carboxylic acids is 1. The number of nitrogens with one attached hydrogen (secondary N) is 2. The lowest BCUT2D eigenvalue weighted by Gasteiger charge is -2.25. The lowest BCUT2D eigenvalue weighted by Crippen LogP contribution is -2.53. The number of aliphatic carboxylic acids is 1. The molecule has 8 nitrogen and oxygen atoms in total. The summed E-state index contributed by atoms with van der Waals surface area (Å²) in [5, 5.41) is 14.3. The Balaban J connectivity index is 2.08. The lowest BCUT2D eigenvalue weighted by atomic mass is 9.98. The molecular formula is C13H18N4O4. The summed E-state index contributed by atoms with van der Waals surface area (Å²) in [5.41, 5.74) is -0.566. The third-order valence-electron chi connectivity index (χ3n) is 3.48.